The monoisotopic (exact) mass is 381 g/mol. The Labute approximate surface area is 147 Å². The van der Waals surface area contributed by atoms with Crippen molar-refractivity contribution in [3.8, 4) is 11.5 Å². The summed E-state index contributed by atoms with van der Waals surface area (Å²) >= 11 is 0. The molecule has 0 atom stereocenters. The first-order valence-corrected chi connectivity index (χ1v) is 11.3. The quantitative estimate of drug-likeness (QED) is 0.796. The van der Waals surface area contributed by atoms with Gasteiger partial charge in [-0.15, -0.1) is 0 Å². The molecule has 8 heteroatoms. The van der Waals surface area contributed by atoms with Crippen LogP contribution >= 0.6 is 0 Å². The number of sulfone groups is 1. The highest BCUT2D eigenvalue weighted by molar-refractivity contribution is 7.92. The summed E-state index contributed by atoms with van der Waals surface area (Å²) in [5.74, 6) is 1.55. The second-order valence-electron chi connectivity index (χ2n) is 6.20. The van der Waals surface area contributed by atoms with E-state index in [1.165, 1.54) is 0 Å². The third kappa shape index (κ3) is 5.20. The van der Waals surface area contributed by atoms with Crippen LogP contribution < -0.4 is 9.46 Å². The van der Waals surface area contributed by atoms with Crippen molar-refractivity contribution in [2.75, 3.05) is 16.7 Å². The van der Waals surface area contributed by atoms with Crippen molar-refractivity contribution in [3.05, 3.63) is 48.5 Å². The molecule has 1 N–H and O–H groups in total. The minimum atomic E-state index is -3.32. The van der Waals surface area contributed by atoms with Gasteiger partial charge in [0.1, 0.15) is 11.5 Å². The first-order valence-electron chi connectivity index (χ1n) is 7.80. The molecule has 25 heavy (non-hydrogen) atoms. The second kappa shape index (κ2) is 6.68. The summed E-state index contributed by atoms with van der Waals surface area (Å²) in [5.41, 5.74) is 0.441. The molecule has 1 aliphatic carbocycles. The first-order chi connectivity index (χ1) is 11.7. The predicted molar refractivity (Wildman–Crippen MR) is 96.2 cm³/mol. The van der Waals surface area contributed by atoms with E-state index >= 15 is 0 Å². The zero-order valence-electron chi connectivity index (χ0n) is 13.7. The van der Waals surface area contributed by atoms with Crippen molar-refractivity contribution < 1.29 is 21.6 Å². The molecule has 0 saturated heterocycles. The van der Waals surface area contributed by atoms with Gasteiger partial charge in [-0.1, -0.05) is 0 Å². The van der Waals surface area contributed by atoms with Crippen molar-refractivity contribution in [3.63, 3.8) is 0 Å². The van der Waals surface area contributed by atoms with Gasteiger partial charge in [-0.05, 0) is 67.3 Å². The van der Waals surface area contributed by atoms with Crippen LogP contribution in [0.1, 0.15) is 12.8 Å². The van der Waals surface area contributed by atoms with Crippen LogP contribution in [-0.4, -0.2) is 28.8 Å². The normalized spacial score (nSPS) is 14.9. The van der Waals surface area contributed by atoms with E-state index in [-0.39, 0.29) is 5.75 Å². The molecule has 1 saturated carbocycles. The minimum Gasteiger partial charge on any atom is -0.457 e. The Morgan fingerprint density at radius 3 is 1.92 bits per heavy atom. The van der Waals surface area contributed by atoms with E-state index in [0.717, 1.165) is 19.1 Å². The molecule has 3 rings (SSSR count). The smallest absolute Gasteiger partial charge is 0.229 e. The molecule has 6 nitrogen and oxygen atoms in total. The fourth-order valence-corrected chi connectivity index (χ4v) is 4.61. The summed E-state index contributed by atoms with van der Waals surface area (Å²) in [6.45, 7) is 0. The van der Waals surface area contributed by atoms with Gasteiger partial charge in [0.15, 0.2) is 9.84 Å². The zero-order chi connectivity index (χ0) is 18.1. The molecule has 0 amide bonds. The van der Waals surface area contributed by atoms with Gasteiger partial charge in [-0.25, -0.2) is 16.8 Å². The van der Waals surface area contributed by atoms with Crippen molar-refractivity contribution >= 4 is 25.5 Å². The Morgan fingerprint density at radius 2 is 1.44 bits per heavy atom. The van der Waals surface area contributed by atoms with E-state index in [9.17, 15) is 16.8 Å². The van der Waals surface area contributed by atoms with Crippen LogP contribution in [0.25, 0.3) is 0 Å². The highest BCUT2D eigenvalue weighted by atomic mass is 32.2. The molecule has 0 radical (unpaired) electrons. The lowest BCUT2D eigenvalue weighted by Crippen LogP contribution is -2.09. The average molecular weight is 381 g/mol. The molecule has 2 aromatic carbocycles. The Hall–Kier alpha value is -2.06. The number of nitrogens with one attached hydrogen (secondary N) is 1. The van der Waals surface area contributed by atoms with Gasteiger partial charge < -0.3 is 4.74 Å². The summed E-state index contributed by atoms with van der Waals surface area (Å²) in [5, 5.41) is 0. The van der Waals surface area contributed by atoms with Gasteiger partial charge in [-0.3, -0.25) is 4.72 Å². The molecule has 0 heterocycles. The lowest BCUT2D eigenvalue weighted by Gasteiger charge is -2.09. The van der Waals surface area contributed by atoms with E-state index < -0.39 is 19.9 Å². The van der Waals surface area contributed by atoms with Gasteiger partial charge in [-0.2, -0.15) is 0 Å². The van der Waals surface area contributed by atoms with Crippen LogP contribution in [0.4, 0.5) is 5.69 Å². The van der Waals surface area contributed by atoms with Gasteiger partial charge in [0.05, 0.1) is 16.9 Å². The van der Waals surface area contributed by atoms with E-state index in [2.05, 4.69) is 4.72 Å². The molecule has 0 bridgehead atoms. The van der Waals surface area contributed by atoms with Crippen molar-refractivity contribution in [2.24, 2.45) is 5.92 Å². The highest BCUT2D eigenvalue weighted by Gasteiger charge is 2.28. The molecular weight excluding hydrogens is 362 g/mol. The molecule has 134 valence electrons. The fraction of sp³-hybridized carbons (Fsp3) is 0.294. The third-order valence-corrected chi connectivity index (χ3v) is 6.24. The van der Waals surface area contributed by atoms with E-state index in [4.69, 9.17) is 4.74 Å². The Balaban J connectivity index is 1.67. The van der Waals surface area contributed by atoms with Gasteiger partial charge in [0, 0.05) is 5.69 Å². The fourth-order valence-electron chi connectivity index (χ4n) is 2.35. The van der Waals surface area contributed by atoms with Gasteiger partial charge >= 0.3 is 0 Å². The average Bonchev–Trinajstić information content (AvgIpc) is 3.32. The van der Waals surface area contributed by atoms with Crippen molar-refractivity contribution in [1.82, 2.24) is 0 Å². The third-order valence-electron chi connectivity index (χ3n) is 3.73. The summed E-state index contributed by atoms with van der Waals surface area (Å²) in [6, 6.07) is 12.8. The Morgan fingerprint density at radius 1 is 0.920 bits per heavy atom. The molecule has 1 aliphatic rings. The molecule has 2 aromatic rings. The number of anilines is 1. The van der Waals surface area contributed by atoms with Crippen molar-refractivity contribution in [1.29, 1.82) is 0 Å². The standard InChI is InChI=1S/C17H19NO5S2/c1-24(19,20)18-14-4-6-15(7-5-14)23-16-8-10-17(11-9-16)25(21,22)12-13-2-3-13/h4-11,13,18H,2-3,12H2,1H3. The van der Waals surface area contributed by atoms with E-state index in [1.807, 2.05) is 0 Å². The summed E-state index contributed by atoms with van der Waals surface area (Å²) in [7, 11) is -6.55. The number of ether oxygens (including phenoxy) is 1. The van der Waals surface area contributed by atoms with E-state index in [1.54, 1.807) is 48.5 Å². The Kier molecular flexibility index (Phi) is 4.75. The molecule has 0 unspecified atom stereocenters. The van der Waals surface area contributed by atoms with Crippen LogP contribution in [0.2, 0.25) is 0 Å². The molecule has 0 aliphatic heterocycles. The van der Waals surface area contributed by atoms with E-state index in [0.29, 0.717) is 28.0 Å². The maximum absolute atomic E-state index is 12.2. The van der Waals surface area contributed by atoms with Crippen LogP contribution in [-0.2, 0) is 19.9 Å². The molecular formula is C17H19NO5S2. The minimum absolute atomic E-state index is 0.210. The summed E-state index contributed by atoms with van der Waals surface area (Å²) in [6.07, 6.45) is 3.06. The van der Waals surface area contributed by atoms with Gasteiger partial charge in [0.2, 0.25) is 10.0 Å². The van der Waals surface area contributed by atoms with Crippen LogP contribution in [0.5, 0.6) is 11.5 Å². The maximum atomic E-state index is 12.2. The van der Waals surface area contributed by atoms with Gasteiger partial charge in [0.25, 0.3) is 0 Å². The molecule has 0 spiro atoms. The molecule has 1 fully saturated rings. The number of benzene rings is 2. The predicted octanol–water partition coefficient (Wildman–Crippen LogP) is 3.03. The number of hydrogen-bond acceptors (Lipinski definition) is 5. The van der Waals surface area contributed by atoms with Crippen molar-refractivity contribution in [2.45, 2.75) is 17.7 Å². The van der Waals surface area contributed by atoms with Crippen LogP contribution in [0.15, 0.2) is 53.4 Å². The first kappa shape index (κ1) is 17.8. The summed E-state index contributed by atoms with van der Waals surface area (Å²) < 4.78 is 54.8. The second-order valence-corrected chi connectivity index (χ2v) is 9.98. The SMILES string of the molecule is CS(=O)(=O)Nc1ccc(Oc2ccc(S(=O)(=O)CC3CC3)cc2)cc1. The summed E-state index contributed by atoms with van der Waals surface area (Å²) in [4.78, 5) is 0.305. The number of rotatable bonds is 7. The zero-order valence-corrected chi connectivity index (χ0v) is 15.3. The number of sulfonamides is 1. The Bertz CT molecular complexity index is 945. The molecule has 0 aromatic heterocycles. The van der Waals surface area contributed by atoms with Crippen LogP contribution in [0, 0.1) is 5.92 Å². The lowest BCUT2D eigenvalue weighted by molar-refractivity contribution is 0.482. The van der Waals surface area contributed by atoms with Crippen LogP contribution in [0.3, 0.4) is 0 Å². The largest absolute Gasteiger partial charge is 0.457 e. The number of hydrogen-bond donors (Lipinski definition) is 1. The maximum Gasteiger partial charge on any atom is 0.229 e. The lowest BCUT2D eigenvalue weighted by atomic mass is 10.3. The highest BCUT2D eigenvalue weighted by Crippen LogP contribution is 2.33. The topological polar surface area (TPSA) is 89.5 Å².